The van der Waals surface area contributed by atoms with Crippen molar-refractivity contribution in [2.45, 2.75) is 44.1 Å². The van der Waals surface area contributed by atoms with Gasteiger partial charge in [0.1, 0.15) is 10.7 Å². The minimum atomic E-state index is -4.07. The normalized spacial score (nSPS) is 15.5. The van der Waals surface area contributed by atoms with E-state index in [2.05, 4.69) is 11.0 Å². The molecule has 1 aromatic rings. The Labute approximate surface area is 147 Å². The van der Waals surface area contributed by atoms with Crippen LogP contribution in [-0.2, 0) is 16.4 Å². The van der Waals surface area contributed by atoms with Gasteiger partial charge in [0.25, 0.3) is 10.0 Å². The summed E-state index contributed by atoms with van der Waals surface area (Å²) in [5.41, 5.74) is 7.07. The molecule has 1 aliphatic heterocycles. The highest BCUT2D eigenvalue weighted by atomic mass is 35.5. The molecule has 24 heavy (non-hydrogen) atoms. The van der Waals surface area contributed by atoms with Gasteiger partial charge in [-0.1, -0.05) is 18.2 Å². The summed E-state index contributed by atoms with van der Waals surface area (Å²) < 4.78 is 28.7. The van der Waals surface area contributed by atoms with Gasteiger partial charge in [-0.2, -0.15) is 8.42 Å². The van der Waals surface area contributed by atoms with Crippen LogP contribution < -0.4 is 10.6 Å². The maximum absolute atomic E-state index is 12.6. The van der Waals surface area contributed by atoms with Crippen molar-refractivity contribution in [1.29, 1.82) is 0 Å². The molecule has 1 aromatic carbocycles. The number of fused-ring (bicyclic) bond motifs is 1. The van der Waals surface area contributed by atoms with Crippen molar-refractivity contribution in [3.05, 3.63) is 35.0 Å². The topological polar surface area (TPSA) is 96.0 Å². The van der Waals surface area contributed by atoms with Gasteiger partial charge >= 0.3 is 0 Å². The SMILES string of the molecule is C=C(C)N1CCc2cc(Cl)c(S(=O)(=O)N=C(N)CC(C)(C)O)cc21. The fourth-order valence-corrected chi connectivity index (χ4v) is 4.18. The molecular weight excluding hydrogens is 350 g/mol. The summed E-state index contributed by atoms with van der Waals surface area (Å²) in [7, 11) is -4.07. The second kappa shape index (κ2) is 6.38. The molecule has 0 saturated heterocycles. The van der Waals surface area contributed by atoms with E-state index >= 15 is 0 Å². The number of halogens is 1. The lowest BCUT2D eigenvalue weighted by molar-refractivity contribution is 0.0884. The molecule has 0 amide bonds. The number of aliphatic hydroxyl groups is 1. The first kappa shape index (κ1) is 18.8. The Hall–Kier alpha value is -1.57. The molecule has 0 radical (unpaired) electrons. The number of benzene rings is 1. The van der Waals surface area contributed by atoms with Crippen LogP contribution in [0.5, 0.6) is 0 Å². The van der Waals surface area contributed by atoms with Crippen LogP contribution in [0.1, 0.15) is 32.8 Å². The number of anilines is 1. The Balaban J connectivity index is 2.47. The van der Waals surface area contributed by atoms with Gasteiger partial charge in [0.15, 0.2) is 0 Å². The lowest BCUT2D eigenvalue weighted by Gasteiger charge is -2.20. The van der Waals surface area contributed by atoms with E-state index in [9.17, 15) is 13.5 Å². The van der Waals surface area contributed by atoms with Crippen molar-refractivity contribution < 1.29 is 13.5 Å². The third kappa shape index (κ3) is 4.09. The Kier molecular flexibility index (Phi) is 4.99. The lowest BCUT2D eigenvalue weighted by atomic mass is 10.1. The van der Waals surface area contributed by atoms with Crippen LogP contribution in [0.2, 0.25) is 5.02 Å². The van der Waals surface area contributed by atoms with E-state index in [-0.39, 0.29) is 22.2 Å². The number of allylic oxidation sites excluding steroid dienone is 1. The molecule has 0 spiro atoms. The highest BCUT2D eigenvalue weighted by Gasteiger charge is 2.27. The van der Waals surface area contributed by atoms with Crippen LogP contribution >= 0.6 is 11.6 Å². The Bertz CT molecular complexity index is 811. The van der Waals surface area contributed by atoms with Crippen LogP contribution in [0.15, 0.2) is 33.7 Å². The quantitative estimate of drug-likeness (QED) is 0.612. The van der Waals surface area contributed by atoms with Crippen LogP contribution in [-0.4, -0.2) is 31.5 Å². The first-order valence-electron chi connectivity index (χ1n) is 7.48. The molecule has 0 saturated carbocycles. The number of sulfonamides is 1. The summed E-state index contributed by atoms with van der Waals surface area (Å²) in [6.07, 6.45) is 0.707. The third-order valence-electron chi connectivity index (χ3n) is 3.62. The summed E-state index contributed by atoms with van der Waals surface area (Å²) in [5.74, 6) is -0.171. The van der Waals surface area contributed by atoms with Crippen molar-refractivity contribution in [2.75, 3.05) is 11.4 Å². The van der Waals surface area contributed by atoms with Crippen LogP contribution in [0.4, 0.5) is 5.69 Å². The van der Waals surface area contributed by atoms with E-state index in [0.717, 1.165) is 29.9 Å². The molecule has 0 bridgehead atoms. The predicted octanol–water partition coefficient (Wildman–Crippen LogP) is 2.44. The van der Waals surface area contributed by atoms with Crippen LogP contribution in [0.3, 0.4) is 0 Å². The average Bonchev–Trinajstić information content (AvgIpc) is 2.76. The standard InChI is InChI=1S/C16H22ClN3O3S/c1-10(2)20-6-5-11-7-12(17)14(8-13(11)20)24(22,23)19-15(18)9-16(3,4)21/h7-8,21H,1,5-6,9H2,2-4H3,(H2,18,19). The Morgan fingerprint density at radius 3 is 2.67 bits per heavy atom. The molecule has 0 fully saturated rings. The molecule has 132 valence electrons. The molecule has 0 atom stereocenters. The molecule has 0 unspecified atom stereocenters. The van der Waals surface area contributed by atoms with Crippen molar-refractivity contribution in [1.82, 2.24) is 0 Å². The Morgan fingerprint density at radius 2 is 2.12 bits per heavy atom. The third-order valence-corrected chi connectivity index (χ3v) is 5.41. The highest BCUT2D eigenvalue weighted by Crippen LogP contribution is 2.37. The molecule has 6 nitrogen and oxygen atoms in total. The van der Waals surface area contributed by atoms with Crippen molar-refractivity contribution in [2.24, 2.45) is 10.1 Å². The summed E-state index contributed by atoms with van der Waals surface area (Å²) in [6.45, 7) is 9.54. The molecule has 3 N–H and O–H groups in total. The van der Waals surface area contributed by atoms with E-state index in [1.165, 1.54) is 19.9 Å². The van der Waals surface area contributed by atoms with E-state index in [0.29, 0.717) is 0 Å². The van der Waals surface area contributed by atoms with Gasteiger partial charge < -0.3 is 15.7 Å². The average molecular weight is 372 g/mol. The number of nitrogens with zero attached hydrogens (tertiary/aromatic N) is 2. The summed E-state index contributed by atoms with van der Waals surface area (Å²) in [4.78, 5) is 1.84. The van der Waals surface area contributed by atoms with Gasteiger partial charge in [0.05, 0.1) is 10.6 Å². The molecule has 0 aliphatic carbocycles. The fraction of sp³-hybridized carbons (Fsp3) is 0.438. The first-order chi connectivity index (χ1) is 10.9. The summed E-state index contributed by atoms with van der Waals surface area (Å²) >= 11 is 6.16. The predicted molar refractivity (Wildman–Crippen MR) is 97.0 cm³/mol. The zero-order valence-corrected chi connectivity index (χ0v) is 15.6. The van der Waals surface area contributed by atoms with E-state index in [1.54, 1.807) is 6.07 Å². The molecular formula is C16H22ClN3O3S. The van der Waals surface area contributed by atoms with Gasteiger partial charge in [0, 0.05) is 24.4 Å². The largest absolute Gasteiger partial charge is 0.390 e. The summed E-state index contributed by atoms with van der Waals surface area (Å²) in [6, 6.07) is 3.16. The smallest absolute Gasteiger partial charge is 0.285 e. The van der Waals surface area contributed by atoms with Crippen LogP contribution in [0, 0.1) is 0 Å². The minimum absolute atomic E-state index is 0.0628. The zero-order valence-electron chi connectivity index (χ0n) is 14.0. The van der Waals surface area contributed by atoms with E-state index < -0.39 is 15.6 Å². The number of nitrogens with two attached hydrogens (primary N) is 1. The van der Waals surface area contributed by atoms with Crippen molar-refractivity contribution >= 4 is 33.1 Å². The first-order valence-corrected chi connectivity index (χ1v) is 9.30. The molecule has 1 heterocycles. The van der Waals surface area contributed by atoms with Gasteiger partial charge in [-0.15, -0.1) is 4.40 Å². The molecule has 2 rings (SSSR count). The fourth-order valence-electron chi connectivity index (χ4n) is 2.66. The van der Waals surface area contributed by atoms with Crippen LogP contribution in [0.25, 0.3) is 0 Å². The maximum Gasteiger partial charge on any atom is 0.285 e. The molecule has 1 aliphatic rings. The monoisotopic (exact) mass is 371 g/mol. The zero-order chi connectivity index (χ0) is 18.3. The summed E-state index contributed by atoms with van der Waals surface area (Å²) in [5, 5.41) is 9.84. The second-order valence-electron chi connectivity index (χ2n) is 6.60. The number of rotatable bonds is 5. The van der Waals surface area contributed by atoms with Crippen molar-refractivity contribution in [3.63, 3.8) is 0 Å². The minimum Gasteiger partial charge on any atom is -0.390 e. The van der Waals surface area contributed by atoms with Gasteiger partial charge in [-0.25, -0.2) is 0 Å². The number of hydrogen-bond acceptors (Lipinski definition) is 4. The second-order valence-corrected chi connectivity index (χ2v) is 8.57. The van der Waals surface area contributed by atoms with E-state index in [4.69, 9.17) is 17.3 Å². The van der Waals surface area contributed by atoms with Crippen molar-refractivity contribution in [3.8, 4) is 0 Å². The lowest BCUT2D eigenvalue weighted by Crippen LogP contribution is -2.28. The molecule has 0 aromatic heterocycles. The van der Waals surface area contributed by atoms with Gasteiger partial charge in [-0.3, -0.25) is 0 Å². The highest BCUT2D eigenvalue weighted by molar-refractivity contribution is 7.90. The molecule has 8 heteroatoms. The number of hydrogen-bond donors (Lipinski definition) is 2. The van der Waals surface area contributed by atoms with E-state index in [1.807, 2.05) is 11.8 Å². The van der Waals surface area contributed by atoms with Gasteiger partial charge in [0.2, 0.25) is 0 Å². The Morgan fingerprint density at radius 1 is 1.50 bits per heavy atom. The van der Waals surface area contributed by atoms with Gasteiger partial charge in [-0.05, 0) is 44.9 Å². The number of amidine groups is 1. The maximum atomic E-state index is 12.6.